The molecule has 0 aliphatic rings. The number of aromatic nitrogens is 1. The monoisotopic (exact) mass is 438 g/mol. The normalized spacial score (nSPS) is 10.6. The summed E-state index contributed by atoms with van der Waals surface area (Å²) in [7, 11) is 1.59. The van der Waals surface area contributed by atoms with E-state index in [4.69, 9.17) is 27.9 Å². The zero-order valence-electron chi connectivity index (χ0n) is 14.4. The van der Waals surface area contributed by atoms with Gasteiger partial charge in [-0.1, -0.05) is 41.0 Å². The SMILES string of the molecule is COc1cccc(NC(=O)CCSc2nc(-c3ccc(Cl)cc3Cl)cs2)c1. The summed E-state index contributed by atoms with van der Waals surface area (Å²) >= 11 is 15.2. The van der Waals surface area contributed by atoms with Gasteiger partial charge in [0.15, 0.2) is 4.34 Å². The fourth-order valence-corrected chi connectivity index (χ4v) is 4.64. The molecule has 1 heterocycles. The van der Waals surface area contributed by atoms with E-state index in [2.05, 4.69) is 10.3 Å². The highest BCUT2D eigenvalue weighted by molar-refractivity contribution is 8.01. The zero-order valence-corrected chi connectivity index (χ0v) is 17.5. The van der Waals surface area contributed by atoms with E-state index in [-0.39, 0.29) is 5.91 Å². The number of methoxy groups -OCH3 is 1. The number of nitrogens with one attached hydrogen (secondary N) is 1. The predicted molar refractivity (Wildman–Crippen MR) is 115 cm³/mol. The Morgan fingerprint density at radius 1 is 1.26 bits per heavy atom. The number of halogens is 2. The molecule has 1 amide bonds. The molecule has 8 heteroatoms. The van der Waals surface area contributed by atoms with E-state index in [9.17, 15) is 4.79 Å². The largest absolute Gasteiger partial charge is 0.497 e. The molecule has 4 nitrogen and oxygen atoms in total. The summed E-state index contributed by atoms with van der Waals surface area (Å²) in [4.78, 5) is 16.7. The van der Waals surface area contributed by atoms with Gasteiger partial charge in [-0.15, -0.1) is 11.3 Å². The summed E-state index contributed by atoms with van der Waals surface area (Å²) in [5.74, 6) is 1.29. The number of hydrogen-bond acceptors (Lipinski definition) is 5. The molecule has 0 fully saturated rings. The van der Waals surface area contributed by atoms with Crippen LogP contribution in [0.15, 0.2) is 52.2 Å². The number of benzene rings is 2. The first kappa shape index (κ1) is 20.0. The molecule has 2 aromatic carbocycles. The number of hydrogen-bond donors (Lipinski definition) is 1. The number of nitrogens with zero attached hydrogens (tertiary/aromatic N) is 1. The summed E-state index contributed by atoms with van der Waals surface area (Å²) in [5, 5.41) is 5.98. The number of thiazole rings is 1. The van der Waals surface area contributed by atoms with E-state index in [1.54, 1.807) is 37.1 Å². The highest BCUT2D eigenvalue weighted by Gasteiger charge is 2.10. The van der Waals surface area contributed by atoms with Gasteiger partial charge in [-0.3, -0.25) is 4.79 Å². The van der Waals surface area contributed by atoms with Crippen molar-refractivity contribution < 1.29 is 9.53 Å². The Bertz CT molecular complexity index is 947. The molecule has 0 saturated heterocycles. The lowest BCUT2D eigenvalue weighted by Gasteiger charge is -2.06. The standard InChI is InChI=1S/C19H16Cl2N2O2S2/c1-25-14-4-2-3-13(10-14)22-18(24)7-8-26-19-23-17(11-27-19)15-6-5-12(20)9-16(15)21/h2-6,9-11H,7-8H2,1H3,(H,22,24). The van der Waals surface area contributed by atoms with Crippen LogP contribution in [0.3, 0.4) is 0 Å². The molecule has 0 radical (unpaired) electrons. The van der Waals surface area contributed by atoms with Crippen LogP contribution in [-0.4, -0.2) is 23.8 Å². The van der Waals surface area contributed by atoms with Crippen LogP contribution in [0, 0.1) is 0 Å². The van der Waals surface area contributed by atoms with Crippen molar-refractivity contribution in [3.63, 3.8) is 0 Å². The van der Waals surface area contributed by atoms with E-state index in [1.807, 2.05) is 29.6 Å². The molecule has 3 aromatic rings. The zero-order chi connectivity index (χ0) is 19.2. The maximum absolute atomic E-state index is 12.1. The van der Waals surface area contributed by atoms with Gasteiger partial charge in [-0.05, 0) is 30.3 Å². The second-order valence-corrected chi connectivity index (χ2v) is 8.55. The molecular weight excluding hydrogens is 423 g/mol. The first-order valence-electron chi connectivity index (χ1n) is 8.03. The first-order valence-corrected chi connectivity index (χ1v) is 10.6. The van der Waals surface area contributed by atoms with Crippen LogP contribution in [0.5, 0.6) is 5.75 Å². The third-order valence-corrected chi connectivity index (χ3v) is 6.17. The predicted octanol–water partition coefficient (Wildman–Crippen LogP) is 6.25. The van der Waals surface area contributed by atoms with Crippen molar-refractivity contribution in [1.82, 2.24) is 4.98 Å². The smallest absolute Gasteiger partial charge is 0.225 e. The highest BCUT2D eigenvalue weighted by Crippen LogP contribution is 2.33. The molecule has 1 N–H and O–H groups in total. The summed E-state index contributed by atoms with van der Waals surface area (Å²) in [6, 6.07) is 12.6. The van der Waals surface area contributed by atoms with Crippen molar-refractivity contribution in [1.29, 1.82) is 0 Å². The van der Waals surface area contributed by atoms with Crippen molar-refractivity contribution in [2.75, 3.05) is 18.2 Å². The van der Waals surface area contributed by atoms with Crippen molar-refractivity contribution in [3.05, 3.63) is 57.9 Å². The molecule has 0 bridgehead atoms. The van der Waals surface area contributed by atoms with Gasteiger partial charge in [0, 0.05) is 39.9 Å². The number of ether oxygens (including phenoxy) is 1. The maximum atomic E-state index is 12.1. The molecule has 27 heavy (non-hydrogen) atoms. The number of carbonyl (C=O) groups is 1. The first-order chi connectivity index (χ1) is 13.0. The minimum absolute atomic E-state index is 0.0479. The highest BCUT2D eigenvalue weighted by atomic mass is 35.5. The summed E-state index contributed by atoms with van der Waals surface area (Å²) in [5.41, 5.74) is 2.38. The minimum atomic E-state index is -0.0479. The Kier molecular flexibility index (Phi) is 7.01. The molecule has 0 spiro atoms. The van der Waals surface area contributed by atoms with Crippen molar-refractivity contribution in [2.45, 2.75) is 10.8 Å². The van der Waals surface area contributed by atoms with Gasteiger partial charge in [0.1, 0.15) is 5.75 Å². The van der Waals surface area contributed by atoms with Crippen molar-refractivity contribution in [3.8, 4) is 17.0 Å². The maximum Gasteiger partial charge on any atom is 0.225 e. The molecule has 0 saturated carbocycles. The average molecular weight is 439 g/mol. The molecule has 140 valence electrons. The lowest BCUT2D eigenvalue weighted by molar-refractivity contribution is -0.115. The third-order valence-electron chi connectivity index (χ3n) is 3.60. The quantitative estimate of drug-likeness (QED) is 0.443. The van der Waals surface area contributed by atoms with Gasteiger partial charge in [0.05, 0.1) is 17.8 Å². The van der Waals surface area contributed by atoms with Gasteiger partial charge in [0.25, 0.3) is 0 Å². The molecule has 3 rings (SSSR count). The van der Waals surface area contributed by atoms with Crippen LogP contribution in [0.1, 0.15) is 6.42 Å². The Hall–Kier alpha value is -1.73. The second kappa shape index (κ2) is 9.46. The Morgan fingerprint density at radius 3 is 2.89 bits per heavy atom. The van der Waals surface area contributed by atoms with E-state index in [0.29, 0.717) is 28.0 Å². The van der Waals surface area contributed by atoms with E-state index < -0.39 is 0 Å². The number of amides is 1. The van der Waals surface area contributed by atoms with Gasteiger partial charge >= 0.3 is 0 Å². The van der Waals surface area contributed by atoms with Crippen LogP contribution in [0.25, 0.3) is 11.3 Å². The van der Waals surface area contributed by atoms with Crippen molar-refractivity contribution >= 4 is 57.9 Å². The van der Waals surface area contributed by atoms with Crippen LogP contribution in [0.2, 0.25) is 10.0 Å². The Morgan fingerprint density at radius 2 is 2.11 bits per heavy atom. The Balaban J connectivity index is 1.52. The molecule has 1 aromatic heterocycles. The molecular formula is C19H16Cl2N2O2S2. The summed E-state index contributed by atoms with van der Waals surface area (Å²) in [6.07, 6.45) is 0.387. The van der Waals surface area contributed by atoms with Crippen LogP contribution >= 0.6 is 46.3 Å². The lowest BCUT2D eigenvalue weighted by atomic mass is 10.2. The Labute approximate surface area is 175 Å². The van der Waals surface area contributed by atoms with Gasteiger partial charge < -0.3 is 10.1 Å². The third kappa shape index (κ3) is 5.62. The molecule has 0 aliphatic heterocycles. The number of thioether (sulfide) groups is 1. The fourth-order valence-electron chi connectivity index (χ4n) is 2.30. The number of carbonyl (C=O) groups excluding carboxylic acids is 1. The van der Waals surface area contributed by atoms with Crippen molar-refractivity contribution in [2.24, 2.45) is 0 Å². The molecule has 0 unspecified atom stereocenters. The van der Waals surface area contributed by atoms with Crippen LogP contribution in [-0.2, 0) is 4.79 Å². The number of anilines is 1. The summed E-state index contributed by atoms with van der Waals surface area (Å²) in [6.45, 7) is 0. The van der Waals surface area contributed by atoms with Crippen LogP contribution < -0.4 is 10.1 Å². The average Bonchev–Trinajstić information content (AvgIpc) is 3.10. The van der Waals surface area contributed by atoms with Crippen LogP contribution in [0.4, 0.5) is 5.69 Å². The van der Waals surface area contributed by atoms with E-state index in [1.165, 1.54) is 11.3 Å². The summed E-state index contributed by atoms with van der Waals surface area (Å²) < 4.78 is 6.04. The fraction of sp³-hybridized carbons (Fsp3) is 0.158. The van der Waals surface area contributed by atoms with Gasteiger partial charge in [-0.2, -0.15) is 0 Å². The molecule has 0 atom stereocenters. The van der Waals surface area contributed by atoms with Gasteiger partial charge in [0.2, 0.25) is 5.91 Å². The van der Waals surface area contributed by atoms with E-state index >= 15 is 0 Å². The van der Waals surface area contributed by atoms with Gasteiger partial charge in [-0.25, -0.2) is 4.98 Å². The minimum Gasteiger partial charge on any atom is -0.497 e. The second-order valence-electron chi connectivity index (χ2n) is 5.50. The lowest BCUT2D eigenvalue weighted by Crippen LogP contribution is -2.12. The topological polar surface area (TPSA) is 51.2 Å². The van der Waals surface area contributed by atoms with E-state index in [0.717, 1.165) is 21.3 Å². The molecule has 0 aliphatic carbocycles. The number of rotatable bonds is 7.